The number of anilines is 1. The molecule has 2 unspecified atom stereocenters. The van der Waals surface area contributed by atoms with Crippen LogP contribution in [0.25, 0.3) is 0 Å². The molecule has 0 aliphatic carbocycles. The third-order valence-electron chi connectivity index (χ3n) is 5.37. The van der Waals surface area contributed by atoms with E-state index in [-0.39, 0.29) is 0 Å². The number of benzene rings is 2. The molecule has 0 spiro atoms. The van der Waals surface area contributed by atoms with Crippen molar-refractivity contribution in [3.63, 3.8) is 0 Å². The Hall–Kier alpha value is -2.75. The molecular formula is C22H27N3O3. The lowest BCUT2D eigenvalue weighted by Crippen LogP contribution is -2.37. The van der Waals surface area contributed by atoms with E-state index in [0.29, 0.717) is 18.2 Å². The first kappa shape index (κ1) is 20.0. The van der Waals surface area contributed by atoms with Crippen molar-refractivity contribution in [1.82, 2.24) is 4.90 Å². The molecular weight excluding hydrogens is 354 g/mol. The molecule has 0 aromatic heterocycles. The van der Waals surface area contributed by atoms with Crippen LogP contribution in [0.3, 0.4) is 0 Å². The van der Waals surface area contributed by atoms with Gasteiger partial charge in [0, 0.05) is 49.6 Å². The molecule has 148 valence electrons. The molecule has 2 aromatic rings. The average molecular weight is 381 g/mol. The highest BCUT2D eigenvalue weighted by Crippen LogP contribution is 2.31. The van der Waals surface area contributed by atoms with Gasteiger partial charge < -0.3 is 19.5 Å². The number of methoxy groups -OCH3 is 2. The molecule has 28 heavy (non-hydrogen) atoms. The second kappa shape index (κ2) is 8.96. The van der Waals surface area contributed by atoms with Crippen molar-refractivity contribution >= 4 is 5.69 Å². The van der Waals surface area contributed by atoms with E-state index in [0.717, 1.165) is 42.3 Å². The molecule has 1 fully saturated rings. The summed E-state index contributed by atoms with van der Waals surface area (Å²) in [5, 5.41) is 19.5. The van der Waals surface area contributed by atoms with Gasteiger partial charge in [-0.05, 0) is 31.2 Å². The van der Waals surface area contributed by atoms with Crippen LogP contribution in [0, 0.1) is 11.3 Å². The molecule has 1 aliphatic rings. The molecule has 6 heteroatoms. The fraction of sp³-hybridized carbons (Fsp3) is 0.409. The fourth-order valence-electron chi connectivity index (χ4n) is 3.62. The van der Waals surface area contributed by atoms with E-state index in [4.69, 9.17) is 14.7 Å². The molecule has 2 aromatic carbocycles. The lowest BCUT2D eigenvalue weighted by atomic mass is 10.1. The van der Waals surface area contributed by atoms with Crippen LogP contribution in [0.4, 0.5) is 5.69 Å². The maximum absolute atomic E-state index is 10.6. The Morgan fingerprint density at radius 1 is 1.18 bits per heavy atom. The number of aliphatic hydroxyl groups excluding tert-OH is 1. The summed E-state index contributed by atoms with van der Waals surface area (Å²) >= 11 is 0. The largest absolute Gasteiger partial charge is 0.497 e. The smallest absolute Gasteiger partial charge is 0.124 e. The second-order valence-electron chi connectivity index (χ2n) is 7.15. The summed E-state index contributed by atoms with van der Waals surface area (Å²) in [5.74, 6) is 1.56. The van der Waals surface area contributed by atoms with Crippen molar-refractivity contribution in [3.05, 3.63) is 53.6 Å². The Morgan fingerprint density at radius 3 is 2.39 bits per heavy atom. The van der Waals surface area contributed by atoms with Crippen molar-refractivity contribution in [2.45, 2.75) is 18.6 Å². The Bertz CT molecular complexity index is 810. The van der Waals surface area contributed by atoms with Gasteiger partial charge in [-0.3, -0.25) is 4.90 Å². The van der Waals surface area contributed by atoms with Gasteiger partial charge in [-0.15, -0.1) is 0 Å². The SMILES string of the molecule is COc1cc(OC)cc(N2CCC(N(C)CC(O)c3ccc(C#N)cc3)C2)c1. The highest BCUT2D eigenvalue weighted by Gasteiger charge is 2.27. The standard InChI is InChI=1S/C22H27N3O3/c1-24(15-22(26)17-6-4-16(13-23)5-7-17)18-8-9-25(14-18)19-10-20(27-2)12-21(11-19)28-3/h4-7,10-12,18,22,26H,8-9,14-15H2,1-3H3. The van der Waals surface area contributed by atoms with Crippen LogP contribution in [0.15, 0.2) is 42.5 Å². The van der Waals surface area contributed by atoms with Gasteiger partial charge in [0.15, 0.2) is 0 Å². The summed E-state index contributed by atoms with van der Waals surface area (Å²) in [6, 6.07) is 15.5. The third kappa shape index (κ3) is 4.56. The van der Waals surface area contributed by atoms with Gasteiger partial charge in [0.25, 0.3) is 0 Å². The lowest BCUT2D eigenvalue weighted by molar-refractivity contribution is 0.109. The van der Waals surface area contributed by atoms with E-state index in [1.807, 2.05) is 37.4 Å². The zero-order chi connectivity index (χ0) is 20.1. The van der Waals surface area contributed by atoms with Crippen molar-refractivity contribution in [3.8, 4) is 17.6 Å². The molecule has 0 amide bonds. The Kier molecular flexibility index (Phi) is 6.40. The fourth-order valence-corrected chi connectivity index (χ4v) is 3.62. The first-order chi connectivity index (χ1) is 13.5. The van der Waals surface area contributed by atoms with Gasteiger partial charge in [0.2, 0.25) is 0 Å². The molecule has 0 radical (unpaired) electrons. The minimum absolute atomic E-state index is 0.352. The predicted molar refractivity (Wildman–Crippen MR) is 109 cm³/mol. The Labute approximate surface area is 166 Å². The van der Waals surface area contributed by atoms with E-state index < -0.39 is 6.10 Å². The molecule has 6 nitrogen and oxygen atoms in total. The van der Waals surface area contributed by atoms with Crippen molar-refractivity contribution in [2.75, 3.05) is 45.8 Å². The molecule has 0 saturated carbocycles. The Morgan fingerprint density at radius 2 is 1.82 bits per heavy atom. The number of rotatable bonds is 7. The summed E-state index contributed by atoms with van der Waals surface area (Å²) in [5.41, 5.74) is 2.52. The molecule has 1 N–H and O–H groups in total. The lowest BCUT2D eigenvalue weighted by Gasteiger charge is -2.27. The van der Waals surface area contributed by atoms with Gasteiger partial charge in [-0.1, -0.05) is 12.1 Å². The van der Waals surface area contributed by atoms with Gasteiger partial charge >= 0.3 is 0 Å². The van der Waals surface area contributed by atoms with Crippen molar-refractivity contribution in [1.29, 1.82) is 5.26 Å². The summed E-state index contributed by atoms with van der Waals surface area (Å²) < 4.78 is 10.8. The number of aliphatic hydroxyl groups is 1. The van der Waals surface area contributed by atoms with E-state index in [2.05, 4.69) is 15.9 Å². The van der Waals surface area contributed by atoms with Crippen LogP contribution >= 0.6 is 0 Å². The molecule has 1 heterocycles. The summed E-state index contributed by atoms with van der Waals surface area (Å²) in [6.45, 7) is 2.37. The normalized spacial score (nSPS) is 17.4. The second-order valence-corrected chi connectivity index (χ2v) is 7.15. The quantitative estimate of drug-likeness (QED) is 0.795. The molecule has 1 aliphatic heterocycles. The van der Waals surface area contributed by atoms with Crippen LogP contribution in [0.1, 0.15) is 23.7 Å². The zero-order valence-corrected chi connectivity index (χ0v) is 16.6. The molecule has 1 saturated heterocycles. The van der Waals surface area contributed by atoms with E-state index in [1.54, 1.807) is 26.4 Å². The van der Waals surface area contributed by atoms with E-state index >= 15 is 0 Å². The molecule has 0 bridgehead atoms. The predicted octanol–water partition coefficient (Wildman–Crippen LogP) is 2.82. The number of nitriles is 1. The first-order valence-corrected chi connectivity index (χ1v) is 9.40. The van der Waals surface area contributed by atoms with Crippen LogP contribution in [-0.2, 0) is 0 Å². The molecule has 3 rings (SSSR count). The first-order valence-electron chi connectivity index (χ1n) is 9.40. The van der Waals surface area contributed by atoms with Crippen LogP contribution < -0.4 is 14.4 Å². The summed E-state index contributed by atoms with van der Waals surface area (Å²) in [6.07, 6.45) is 0.444. The number of nitrogens with zero attached hydrogens (tertiary/aromatic N) is 3. The maximum atomic E-state index is 10.6. The van der Waals surface area contributed by atoms with Crippen molar-refractivity contribution < 1.29 is 14.6 Å². The van der Waals surface area contributed by atoms with Gasteiger partial charge in [0.05, 0.1) is 32.0 Å². The van der Waals surface area contributed by atoms with E-state index in [1.165, 1.54) is 0 Å². The zero-order valence-electron chi connectivity index (χ0n) is 16.6. The molecule has 2 atom stereocenters. The summed E-state index contributed by atoms with van der Waals surface area (Å²) in [7, 11) is 5.36. The highest BCUT2D eigenvalue weighted by atomic mass is 16.5. The minimum Gasteiger partial charge on any atom is -0.497 e. The average Bonchev–Trinajstić information content (AvgIpc) is 3.23. The number of hydrogen-bond donors (Lipinski definition) is 1. The Balaban J connectivity index is 1.62. The van der Waals surface area contributed by atoms with Gasteiger partial charge in [-0.2, -0.15) is 5.26 Å². The van der Waals surface area contributed by atoms with Gasteiger partial charge in [0.1, 0.15) is 11.5 Å². The van der Waals surface area contributed by atoms with Crippen molar-refractivity contribution in [2.24, 2.45) is 0 Å². The third-order valence-corrected chi connectivity index (χ3v) is 5.37. The highest BCUT2D eigenvalue weighted by molar-refractivity contribution is 5.56. The topological polar surface area (TPSA) is 69.0 Å². The summed E-state index contributed by atoms with van der Waals surface area (Å²) in [4.78, 5) is 4.53. The van der Waals surface area contributed by atoms with Crippen LogP contribution in [0.2, 0.25) is 0 Å². The van der Waals surface area contributed by atoms with Crippen LogP contribution in [0.5, 0.6) is 11.5 Å². The minimum atomic E-state index is -0.580. The number of likely N-dealkylation sites (N-methyl/N-ethyl adjacent to an activating group) is 1. The number of hydrogen-bond acceptors (Lipinski definition) is 6. The monoisotopic (exact) mass is 381 g/mol. The maximum Gasteiger partial charge on any atom is 0.124 e. The van der Waals surface area contributed by atoms with Gasteiger partial charge in [-0.25, -0.2) is 0 Å². The number of ether oxygens (including phenoxy) is 2. The van der Waals surface area contributed by atoms with Crippen LogP contribution in [-0.4, -0.2) is 56.9 Å². The van der Waals surface area contributed by atoms with E-state index in [9.17, 15) is 5.11 Å².